The van der Waals surface area contributed by atoms with Crippen molar-refractivity contribution in [3.8, 4) is 0 Å². The summed E-state index contributed by atoms with van der Waals surface area (Å²) >= 11 is 0. The number of rotatable bonds is 4. The molecule has 0 atom stereocenters. The summed E-state index contributed by atoms with van der Waals surface area (Å²) in [7, 11) is 0. The van der Waals surface area contributed by atoms with E-state index in [9.17, 15) is 9.59 Å². The minimum absolute atomic E-state index is 0.0127. The monoisotopic (exact) mass is 209 g/mol. The molecule has 2 aliphatic rings. The summed E-state index contributed by atoms with van der Waals surface area (Å²) in [6.45, 7) is 0. The maximum atomic E-state index is 11.7. The molecule has 0 aliphatic heterocycles. The zero-order chi connectivity index (χ0) is 10.9. The Morgan fingerprint density at radius 2 is 1.93 bits per heavy atom. The van der Waals surface area contributed by atoms with Crippen molar-refractivity contribution in [1.82, 2.24) is 5.32 Å². The molecule has 0 aromatic heterocycles. The van der Waals surface area contributed by atoms with Crippen LogP contribution in [0.3, 0.4) is 0 Å². The lowest BCUT2D eigenvalue weighted by atomic mass is 10.0. The third-order valence-corrected chi connectivity index (χ3v) is 3.11. The first-order valence-electron chi connectivity index (χ1n) is 5.30. The molecule has 0 unspecified atom stereocenters. The average Bonchev–Trinajstić information content (AvgIpc) is 2.68. The normalized spacial score (nSPS) is 22.7. The van der Waals surface area contributed by atoms with Gasteiger partial charge >= 0.3 is 5.97 Å². The summed E-state index contributed by atoms with van der Waals surface area (Å²) < 4.78 is 0. The first kappa shape index (κ1) is 10.2. The molecule has 4 nitrogen and oxygen atoms in total. The summed E-state index contributed by atoms with van der Waals surface area (Å²) in [6.07, 6.45) is 7.22. The second-order valence-corrected chi connectivity index (χ2v) is 4.48. The number of nitrogens with one attached hydrogen (secondary N) is 1. The highest BCUT2D eigenvalue weighted by Crippen LogP contribution is 2.39. The molecular weight excluding hydrogens is 194 g/mol. The molecule has 2 N–H and O–H groups in total. The van der Waals surface area contributed by atoms with Gasteiger partial charge in [-0.3, -0.25) is 9.59 Å². The maximum absolute atomic E-state index is 11.7. The first-order valence-corrected chi connectivity index (χ1v) is 5.30. The van der Waals surface area contributed by atoms with Crippen molar-refractivity contribution >= 4 is 11.9 Å². The third-order valence-electron chi connectivity index (χ3n) is 3.11. The Kier molecular flexibility index (Phi) is 2.50. The number of allylic oxidation sites excluding steroid dienone is 2. The Morgan fingerprint density at radius 3 is 2.40 bits per heavy atom. The van der Waals surface area contributed by atoms with Crippen LogP contribution in [0.4, 0.5) is 0 Å². The second-order valence-electron chi connectivity index (χ2n) is 4.48. The molecule has 15 heavy (non-hydrogen) atoms. The molecule has 2 aliphatic carbocycles. The molecule has 0 bridgehead atoms. The zero-order valence-electron chi connectivity index (χ0n) is 8.53. The number of hydrogen-bond acceptors (Lipinski definition) is 2. The Labute approximate surface area is 88.4 Å². The van der Waals surface area contributed by atoms with Crippen LogP contribution in [0.5, 0.6) is 0 Å². The predicted molar refractivity (Wildman–Crippen MR) is 54.2 cm³/mol. The molecule has 0 aromatic carbocycles. The molecule has 82 valence electrons. The summed E-state index contributed by atoms with van der Waals surface area (Å²) in [5.74, 6) is -0.799. The van der Waals surface area contributed by atoms with Gasteiger partial charge < -0.3 is 10.4 Å². The second kappa shape index (κ2) is 3.68. The molecule has 4 heteroatoms. The largest absolute Gasteiger partial charge is 0.481 e. The average molecular weight is 209 g/mol. The van der Waals surface area contributed by atoms with Crippen molar-refractivity contribution in [1.29, 1.82) is 0 Å². The van der Waals surface area contributed by atoms with Gasteiger partial charge in [-0.05, 0) is 25.7 Å². The van der Waals surface area contributed by atoms with Crippen LogP contribution >= 0.6 is 0 Å². The minimum Gasteiger partial charge on any atom is -0.481 e. The van der Waals surface area contributed by atoms with E-state index in [1.54, 1.807) is 0 Å². The lowest BCUT2D eigenvalue weighted by molar-refractivity contribution is -0.138. The van der Waals surface area contributed by atoms with Gasteiger partial charge in [-0.25, -0.2) is 0 Å². The van der Waals surface area contributed by atoms with Crippen molar-refractivity contribution in [3.63, 3.8) is 0 Å². The molecule has 0 aromatic rings. The van der Waals surface area contributed by atoms with E-state index >= 15 is 0 Å². The van der Waals surface area contributed by atoms with E-state index in [4.69, 9.17) is 5.11 Å². The van der Waals surface area contributed by atoms with Gasteiger partial charge in [0.05, 0.1) is 12.0 Å². The lowest BCUT2D eigenvalue weighted by Crippen LogP contribution is -2.41. The summed E-state index contributed by atoms with van der Waals surface area (Å²) in [5, 5.41) is 11.6. The molecule has 1 amide bonds. The van der Waals surface area contributed by atoms with E-state index < -0.39 is 11.5 Å². The Balaban J connectivity index is 1.85. The molecule has 0 heterocycles. The maximum Gasteiger partial charge on any atom is 0.305 e. The standard InChI is InChI=1S/C11H15NO3/c13-9(14)7-11(5-6-11)12-10(15)8-3-1-2-4-8/h1-2,8H,3-7H2,(H,12,15)(H,13,14). The number of amides is 1. The molecule has 2 rings (SSSR count). The van der Waals surface area contributed by atoms with Gasteiger partial charge in [-0.15, -0.1) is 0 Å². The lowest BCUT2D eigenvalue weighted by Gasteiger charge is -2.18. The van der Waals surface area contributed by atoms with E-state index in [2.05, 4.69) is 5.32 Å². The van der Waals surface area contributed by atoms with Crippen molar-refractivity contribution < 1.29 is 14.7 Å². The number of carbonyl (C=O) groups is 2. The van der Waals surface area contributed by atoms with Crippen LogP contribution in [0.25, 0.3) is 0 Å². The topological polar surface area (TPSA) is 66.4 Å². The van der Waals surface area contributed by atoms with Crippen molar-refractivity contribution in [3.05, 3.63) is 12.2 Å². The first-order chi connectivity index (χ1) is 7.11. The van der Waals surface area contributed by atoms with Crippen LogP contribution in [0.1, 0.15) is 32.1 Å². The van der Waals surface area contributed by atoms with Gasteiger partial charge in [-0.2, -0.15) is 0 Å². The molecule has 1 fully saturated rings. The molecule has 0 spiro atoms. The number of carboxylic acid groups (broad SMARTS) is 1. The van der Waals surface area contributed by atoms with E-state index in [-0.39, 0.29) is 18.2 Å². The molecular formula is C11H15NO3. The van der Waals surface area contributed by atoms with E-state index in [1.165, 1.54) is 0 Å². The highest BCUT2D eigenvalue weighted by atomic mass is 16.4. The fraction of sp³-hybridized carbons (Fsp3) is 0.636. The minimum atomic E-state index is -0.836. The van der Waals surface area contributed by atoms with E-state index in [0.29, 0.717) is 0 Å². The third kappa shape index (κ3) is 2.37. The summed E-state index contributed by atoms with van der Waals surface area (Å²) in [6, 6.07) is 0. The van der Waals surface area contributed by atoms with E-state index in [1.807, 2.05) is 12.2 Å². The van der Waals surface area contributed by atoms with E-state index in [0.717, 1.165) is 25.7 Å². The predicted octanol–water partition coefficient (Wildman–Crippen LogP) is 1.08. The van der Waals surface area contributed by atoms with Gasteiger partial charge in [0.2, 0.25) is 5.91 Å². The summed E-state index contributed by atoms with van der Waals surface area (Å²) in [5.41, 5.74) is -0.425. The van der Waals surface area contributed by atoms with Gasteiger partial charge in [0.15, 0.2) is 0 Å². The Morgan fingerprint density at radius 1 is 1.33 bits per heavy atom. The molecule has 0 saturated heterocycles. The number of carboxylic acids is 1. The number of aliphatic carboxylic acids is 1. The Bertz CT molecular complexity index is 310. The van der Waals surface area contributed by atoms with Gasteiger partial charge in [0, 0.05) is 5.92 Å². The highest BCUT2D eigenvalue weighted by molar-refractivity contribution is 5.82. The van der Waals surface area contributed by atoms with Crippen molar-refractivity contribution in [2.75, 3.05) is 0 Å². The highest BCUT2D eigenvalue weighted by Gasteiger charge is 2.46. The van der Waals surface area contributed by atoms with Crippen molar-refractivity contribution in [2.24, 2.45) is 5.92 Å². The number of carbonyl (C=O) groups excluding carboxylic acids is 1. The fourth-order valence-corrected chi connectivity index (χ4v) is 1.98. The van der Waals surface area contributed by atoms with Gasteiger partial charge in [0.1, 0.15) is 0 Å². The van der Waals surface area contributed by atoms with Crippen LogP contribution in [0, 0.1) is 5.92 Å². The smallest absolute Gasteiger partial charge is 0.305 e. The van der Waals surface area contributed by atoms with Gasteiger partial charge in [0.25, 0.3) is 0 Å². The Hall–Kier alpha value is -1.32. The van der Waals surface area contributed by atoms with Crippen LogP contribution in [0.15, 0.2) is 12.2 Å². The molecule has 1 saturated carbocycles. The van der Waals surface area contributed by atoms with Crippen LogP contribution < -0.4 is 5.32 Å². The van der Waals surface area contributed by atoms with Crippen LogP contribution in [0.2, 0.25) is 0 Å². The SMILES string of the molecule is O=C(O)CC1(NC(=O)C2CC=CC2)CC1. The molecule has 0 radical (unpaired) electrons. The van der Waals surface area contributed by atoms with Gasteiger partial charge in [-0.1, -0.05) is 12.2 Å². The zero-order valence-corrected chi connectivity index (χ0v) is 8.53. The summed E-state index contributed by atoms with van der Waals surface area (Å²) in [4.78, 5) is 22.3. The fourth-order valence-electron chi connectivity index (χ4n) is 1.98. The quantitative estimate of drug-likeness (QED) is 0.681. The van der Waals surface area contributed by atoms with Crippen molar-refractivity contribution in [2.45, 2.75) is 37.6 Å². The van der Waals surface area contributed by atoms with Crippen LogP contribution in [-0.2, 0) is 9.59 Å². The van der Waals surface area contributed by atoms with Crippen LogP contribution in [-0.4, -0.2) is 22.5 Å². The number of hydrogen-bond donors (Lipinski definition) is 2.